The SMILES string of the molecule is CC(=O)NC1C=CC(Nc2c3ccc([N+](=O)[O-])cc3nc3cc([N+](=O)[O-])ccc23)=CC1. The molecule has 10 nitrogen and oxygen atoms in total. The molecule has 2 N–H and O–H groups in total. The van der Waals surface area contributed by atoms with Crippen LogP contribution in [0.3, 0.4) is 0 Å². The van der Waals surface area contributed by atoms with E-state index in [-0.39, 0.29) is 23.3 Å². The van der Waals surface area contributed by atoms with Gasteiger partial charge in [-0.3, -0.25) is 25.0 Å². The highest BCUT2D eigenvalue weighted by molar-refractivity contribution is 6.08. The molecule has 3 aromatic rings. The smallest absolute Gasteiger partial charge is 0.271 e. The van der Waals surface area contributed by atoms with E-state index < -0.39 is 9.85 Å². The molecule has 0 spiro atoms. The quantitative estimate of drug-likeness (QED) is 0.362. The number of carbonyl (C=O) groups is 1. The van der Waals surface area contributed by atoms with E-state index in [9.17, 15) is 25.0 Å². The fourth-order valence-electron chi connectivity index (χ4n) is 3.51. The Labute approximate surface area is 175 Å². The fourth-order valence-corrected chi connectivity index (χ4v) is 3.51. The minimum absolute atomic E-state index is 0.0979. The molecule has 10 heteroatoms. The van der Waals surface area contributed by atoms with Gasteiger partial charge in [0.1, 0.15) is 0 Å². The second-order valence-electron chi connectivity index (χ2n) is 7.09. The van der Waals surface area contributed by atoms with Crippen LogP contribution in [-0.4, -0.2) is 26.8 Å². The Kier molecular flexibility index (Phi) is 5.04. The molecule has 1 aliphatic carbocycles. The van der Waals surface area contributed by atoms with Gasteiger partial charge in [-0.1, -0.05) is 12.2 Å². The first-order valence-electron chi connectivity index (χ1n) is 9.40. The molecule has 31 heavy (non-hydrogen) atoms. The molecule has 4 rings (SSSR count). The monoisotopic (exact) mass is 419 g/mol. The van der Waals surface area contributed by atoms with Crippen molar-refractivity contribution in [3.8, 4) is 0 Å². The zero-order valence-electron chi connectivity index (χ0n) is 16.4. The standard InChI is InChI=1S/C21H17N5O5/c1-12(27)22-13-2-4-14(5-3-13)23-21-17-8-6-15(25(28)29)10-19(17)24-20-11-16(26(30)31)7-9-18(20)21/h2,4-11,13H,3H2,1H3,(H,22,27)(H,23,24). The normalized spacial score (nSPS) is 15.5. The highest BCUT2D eigenvalue weighted by Gasteiger charge is 2.17. The Balaban J connectivity index is 1.82. The summed E-state index contributed by atoms with van der Waals surface area (Å²) >= 11 is 0. The van der Waals surface area contributed by atoms with Gasteiger partial charge in [-0.25, -0.2) is 4.98 Å². The van der Waals surface area contributed by atoms with E-state index in [0.29, 0.717) is 33.9 Å². The zero-order chi connectivity index (χ0) is 22.1. The van der Waals surface area contributed by atoms with Gasteiger partial charge < -0.3 is 10.6 Å². The van der Waals surface area contributed by atoms with Crippen LogP contribution in [0.5, 0.6) is 0 Å². The van der Waals surface area contributed by atoms with Gasteiger partial charge in [0.25, 0.3) is 11.4 Å². The van der Waals surface area contributed by atoms with Crippen LogP contribution in [-0.2, 0) is 4.79 Å². The number of nitro benzene ring substituents is 2. The van der Waals surface area contributed by atoms with E-state index in [1.54, 1.807) is 12.1 Å². The molecule has 1 atom stereocenters. The first kappa shape index (κ1) is 20.0. The Morgan fingerprint density at radius 3 is 2.06 bits per heavy atom. The number of anilines is 1. The molecule has 0 radical (unpaired) electrons. The van der Waals surface area contributed by atoms with Crippen LogP contribution in [0.1, 0.15) is 13.3 Å². The largest absolute Gasteiger partial charge is 0.355 e. The maximum absolute atomic E-state index is 11.2. The molecule has 0 aliphatic heterocycles. The second-order valence-corrected chi connectivity index (χ2v) is 7.09. The third kappa shape index (κ3) is 4.04. The molecule has 0 bridgehead atoms. The van der Waals surface area contributed by atoms with Crippen LogP contribution < -0.4 is 10.6 Å². The van der Waals surface area contributed by atoms with Crippen LogP contribution in [0.4, 0.5) is 17.1 Å². The summed E-state index contributed by atoms with van der Waals surface area (Å²) in [5.41, 5.74) is 1.87. The van der Waals surface area contributed by atoms with Crippen molar-refractivity contribution in [1.82, 2.24) is 10.3 Å². The lowest BCUT2D eigenvalue weighted by Crippen LogP contribution is -2.32. The van der Waals surface area contributed by atoms with E-state index >= 15 is 0 Å². The van der Waals surface area contributed by atoms with Crippen LogP contribution in [0, 0.1) is 20.2 Å². The number of benzene rings is 2. The summed E-state index contributed by atoms with van der Waals surface area (Å²) in [4.78, 5) is 37.0. The van der Waals surface area contributed by atoms with Gasteiger partial charge in [0.2, 0.25) is 5.91 Å². The number of carbonyl (C=O) groups excluding carboxylic acids is 1. The predicted molar refractivity (Wildman–Crippen MR) is 116 cm³/mol. The Hall–Kier alpha value is -4.34. The number of rotatable bonds is 5. The number of aromatic nitrogens is 1. The van der Waals surface area contributed by atoms with E-state index in [0.717, 1.165) is 5.70 Å². The summed E-state index contributed by atoms with van der Waals surface area (Å²) < 4.78 is 0. The summed E-state index contributed by atoms with van der Waals surface area (Å²) in [6.07, 6.45) is 6.22. The first-order chi connectivity index (χ1) is 14.8. The first-order valence-corrected chi connectivity index (χ1v) is 9.40. The lowest BCUT2D eigenvalue weighted by Gasteiger charge is -2.19. The fraction of sp³-hybridized carbons (Fsp3) is 0.143. The molecule has 0 saturated heterocycles. The van der Waals surface area contributed by atoms with Gasteiger partial charge in [0, 0.05) is 47.7 Å². The molecular formula is C21H17N5O5. The predicted octanol–water partition coefficient (Wildman–Crippen LogP) is 3.96. The third-order valence-corrected chi connectivity index (χ3v) is 4.92. The lowest BCUT2D eigenvalue weighted by molar-refractivity contribution is -0.384. The van der Waals surface area contributed by atoms with Crippen molar-refractivity contribution in [3.05, 3.63) is 80.6 Å². The number of hydrogen-bond donors (Lipinski definition) is 2. The van der Waals surface area contributed by atoms with Crippen LogP contribution in [0.2, 0.25) is 0 Å². The average Bonchev–Trinajstić information content (AvgIpc) is 2.73. The van der Waals surface area contributed by atoms with Crippen LogP contribution >= 0.6 is 0 Å². The molecule has 1 aromatic heterocycles. The van der Waals surface area contributed by atoms with Gasteiger partial charge in [-0.15, -0.1) is 0 Å². The summed E-state index contributed by atoms with van der Waals surface area (Å²) in [6.45, 7) is 1.46. The lowest BCUT2D eigenvalue weighted by atomic mass is 10.0. The van der Waals surface area contributed by atoms with Gasteiger partial charge in [0.15, 0.2) is 0 Å². The number of non-ortho nitro benzene ring substituents is 2. The Morgan fingerprint density at radius 2 is 1.61 bits per heavy atom. The zero-order valence-corrected chi connectivity index (χ0v) is 16.4. The van der Waals surface area contributed by atoms with E-state index in [2.05, 4.69) is 15.6 Å². The van der Waals surface area contributed by atoms with Gasteiger partial charge in [0.05, 0.1) is 32.6 Å². The van der Waals surface area contributed by atoms with Crippen molar-refractivity contribution in [1.29, 1.82) is 0 Å². The van der Waals surface area contributed by atoms with Crippen molar-refractivity contribution in [2.75, 3.05) is 5.32 Å². The maximum Gasteiger partial charge on any atom is 0.271 e. The van der Waals surface area contributed by atoms with Crippen LogP contribution in [0.15, 0.2) is 60.3 Å². The highest BCUT2D eigenvalue weighted by Crippen LogP contribution is 2.35. The number of nitrogens with one attached hydrogen (secondary N) is 2. The number of amides is 1. The van der Waals surface area contributed by atoms with E-state index in [4.69, 9.17) is 0 Å². The topological polar surface area (TPSA) is 140 Å². The van der Waals surface area contributed by atoms with Crippen molar-refractivity contribution in [3.63, 3.8) is 0 Å². The van der Waals surface area contributed by atoms with Gasteiger partial charge >= 0.3 is 0 Å². The molecule has 1 heterocycles. The van der Waals surface area contributed by atoms with Crippen molar-refractivity contribution >= 4 is 44.8 Å². The number of allylic oxidation sites excluding steroid dienone is 1. The minimum atomic E-state index is -0.513. The van der Waals surface area contributed by atoms with E-state index in [1.807, 2.05) is 18.2 Å². The number of nitro groups is 2. The summed E-state index contributed by atoms with van der Waals surface area (Å²) in [7, 11) is 0. The molecule has 156 valence electrons. The summed E-state index contributed by atoms with van der Waals surface area (Å²) in [6, 6.07) is 8.59. The number of nitrogens with zero attached hydrogens (tertiary/aromatic N) is 3. The van der Waals surface area contributed by atoms with Crippen molar-refractivity contribution < 1.29 is 14.6 Å². The Morgan fingerprint density at radius 1 is 1.03 bits per heavy atom. The highest BCUT2D eigenvalue weighted by atomic mass is 16.6. The molecule has 2 aromatic carbocycles. The number of pyridine rings is 1. The average molecular weight is 419 g/mol. The van der Waals surface area contributed by atoms with Crippen LogP contribution in [0.25, 0.3) is 21.8 Å². The molecule has 1 aliphatic rings. The van der Waals surface area contributed by atoms with Crippen molar-refractivity contribution in [2.45, 2.75) is 19.4 Å². The second kappa shape index (κ2) is 7.82. The van der Waals surface area contributed by atoms with Gasteiger partial charge in [-0.05, 0) is 24.6 Å². The summed E-state index contributed by atoms with van der Waals surface area (Å²) in [5.74, 6) is -0.117. The Bertz CT molecular complexity index is 1240. The molecule has 0 saturated carbocycles. The number of hydrogen-bond acceptors (Lipinski definition) is 7. The molecule has 1 amide bonds. The summed E-state index contributed by atoms with van der Waals surface area (Å²) in [5, 5.41) is 29.8. The molecule has 1 unspecified atom stereocenters. The maximum atomic E-state index is 11.2. The molecular weight excluding hydrogens is 402 g/mol. The van der Waals surface area contributed by atoms with Gasteiger partial charge in [-0.2, -0.15) is 0 Å². The minimum Gasteiger partial charge on any atom is -0.355 e. The molecule has 0 fully saturated rings. The third-order valence-electron chi connectivity index (χ3n) is 4.92. The number of fused-ring (bicyclic) bond motifs is 2. The van der Waals surface area contributed by atoms with Crippen molar-refractivity contribution in [2.24, 2.45) is 0 Å². The van der Waals surface area contributed by atoms with E-state index in [1.165, 1.54) is 31.2 Å².